The van der Waals surface area contributed by atoms with E-state index < -0.39 is 0 Å². The van der Waals surface area contributed by atoms with Crippen LogP contribution in [0.15, 0.2) is 30.6 Å². The molecular weight excluding hydrogens is 289 g/mol. The van der Waals surface area contributed by atoms with Crippen LogP contribution in [0, 0.1) is 13.8 Å². The number of aromatic nitrogens is 1. The van der Waals surface area contributed by atoms with Gasteiger partial charge in [-0.05, 0) is 44.7 Å². The number of hydrogen-bond donors (Lipinski definition) is 1. The molecule has 22 heavy (non-hydrogen) atoms. The molecule has 1 N–H and O–H groups in total. The van der Waals surface area contributed by atoms with Crippen molar-refractivity contribution in [3.63, 3.8) is 0 Å². The maximum atomic E-state index is 9.61. The molecule has 0 radical (unpaired) electrons. The third kappa shape index (κ3) is 5.26. The van der Waals surface area contributed by atoms with Gasteiger partial charge in [-0.1, -0.05) is 19.3 Å². The largest absolute Gasteiger partial charge is 0.446 e. The predicted octanol–water partition coefficient (Wildman–Crippen LogP) is 3.28. The molecule has 2 nitrogen and oxygen atoms in total. The molecule has 2 aromatic rings. The van der Waals surface area contributed by atoms with Crippen molar-refractivity contribution < 1.29 is 9.59 Å². The fourth-order valence-corrected chi connectivity index (χ4v) is 3.80. The van der Waals surface area contributed by atoms with Gasteiger partial charge in [0.15, 0.2) is 12.4 Å². The van der Waals surface area contributed by atoms with Crippen molar-refractivity contribution in [2.45, 2.75) is 59.3 Å². The number of rotatable bonds is 8. The summed E-state index contributed by atoms with van der Waals surface area (Å²) in [5.74, 6) is 0. The monoisotopic (exact) mass is 316 g/mol. The Kier molecular flexibility index (Phi) is 6.65. The van der Waals surface area contributed by atoms with Crippen molar-refractivity contribution in [2.75, 3.05) is 0 Å². The molecule has 0 spiro atoms. The van der Waals surface area contributed by atoms with Gasteiger partial charge in [-0.15, -0.1) is 11.3 Å². The highest BCUT2D eigenvalue weighted by Crippen LogP contribution is 2.22. The zero-order valence-electron chi connectivity index (χ0n) is 14.0. The Bertz CT molecular complexity index is 595. The molecule has 0 aliphatic heterocycles. The lowest BCUT2D eigenvalue weighted by Gasteiger charge is -2.02. The Labute approximate surface area is 138 Å². The molecule has 2 rings (SSSR count). The standard InChI is InChI=1S/C18H27BNOS/c1-15-13-17(16(2)22-15)9-6-4-5-7-11-20-12-8-10-18(14-20)19(3)21/h8,10,12-14,21H,4-7,9,11H2,1-3H3/q+1. The number of thiophene rings is 1. The molecule has 118 valence electrons. The first kappa shape index (κ1) is 17.2. The molecule has 0 aliphatic carbocycles. The minimum absolute atomic E-state index is 0.384. The summed E-state index contributed by atoms with van der Waals surface area (Å²) in [5, 5.41) is 9.61. The van der Waals surface area contributed by atoms with Crippen LogP contribution in [0.4, 0.5) is 0 Å². The van der Waals surface area contributed by atoms with Crippen molar-refractivity contribution in [2.24, 2.45) is 0 Å². The maximum Gasteiger partial charge on any atom is 0.326 e. The van der Waals surface area contributed by atoms with Gasteiger partial charge in [0, 0.05) is 27.7 Å². The Morgan fingerprint density at radius 1 is 1.18 bits per heavy atom. The molecule has 0 saturated carbocycles. The smallest absolute Gasteiger partial charge is 0.326 e. The minimum Gasteiger partial charge on any atom is -0.446 e. The zero-order valence-corrected chi connectivity index (χ0v) is 14.8. The van der Waals surface area contributed by atoms with E-state index in [9.17, 15) is 5.02 Å². The second-order valence-corrected chi connectivity index (χ2v) is 7.61. The molecule has 0 saturated heterocycles. The normalized spacial score (nSPS) is 10.9. The average Bonchev–Trinajstić information content (AvgIpc) is 2.81. The maximum absolute atomic E-state index is 9.61. The average molecular weight is 316 g/mol. The first-order chi connectivity index (χ1) is 10.6. The highest BCUT2D eigenvalue weighted by molar-refractivity contribution is 7.12. The van der Waals surface area contributed by atoms with Gasteiger partial charge in [0.05, 0.1) is 0 Å². The third-order valence-electron chi connectivity index (χ3n) is 4.12. The van der Waals surface area contributed by atoms with Crippen LogP contribution in [0.1, 0.15) is 41.0 Å². The fourth-order valence-electron chi connectivity index (χ4n) is 2.82. The number of hydrogen-bond acceptors (Lipinski definition) is 2. The van der Waals surface area contributed by atoms with Crippen LogP contribution >= 0.6 is 11.3 Å². The van der Waals surface area contributed by atoms with Crippen LogP contribution in [0.3, 0.4) is 0 Å². The molecule has 2 aromatic heterocycles. The Morgan fingerprint density at radius 3 is 2.64 bits per heavy atom. The molecule has 0 aliphatic rings. The summed E-state index contributed by atoms with van der Waals surface area (Å²) < 4.78 is 2.19. The lowest BCUT2D eigenvalue weighted by atomic mass is 9.65. The van der Waals surface area contributed by atoms with Gasteiger partial charge in [-0.2, -0.15) is 0 Å². The summed E-state index contributed by atoms with van der Waals surface area (Å²) in [6, 6.07) is 6.34. The van der Waals surface area contributed by atoms with Crippen LogP contribution in [0.25, 0.3) is 0 Å². The lowest BCUT2D eigenvalue weighted by molar-refractivity contribution is -0.696. The van der Waals surface area contributed by atoms with Gasteiger partial charge >= 0.3 is 6.92 Å². The molecular formula is C18H27BNOS+. The Balaban J connectivity index is 1.65. The van der Waals surface area contributed by atoms with Crippen LogP contribution < -0.4 is 10.0 Å². The zero-order chi connectivity index (χ0) is 15.9. The van der Waals surface area contributed by atoms with Gasteiger partial charge in [-0.3, -0.25) is 0 Å². The summed E-state index contributed by atoms with van der Waals surface area (Å²) in [6.07, 6.45) is 10.4. The second-order valence-electron chi connectivity index (χ2n) is 6.15. The van der Waals surface area contributed by atoms with E-state index in [0.29, 0.717) is 0 Å². The van der Waals surface area contributed by atoms with Crippen molar-refractivity contribution in [3.8, 4) is 0 Å². The number of nitrogens with zero attached hydrogens (tertiary/aromatic N) is 1. The van der Waals surface area contributed by atoms with E-state index in [0.717, 1.165) is 12.0 Å². The molecule has 0 atom stereocenters. The van der Waals surface area contributed by atoms with Crippen LogP contribution in [-0.4, -0.2) is 11.9 Å². The topological polar surface area (TPSA) is 24.1 Å². The second kappa shape index (κ2) is 8.49. The van der Waals surface area contributed by atoms with E-state index >= 15 is 0 Å². The lowest BCUT2D eigenvalue weighted by Crippen LogP contribution is -2.40. The molecule has 0 aromatic carbocycles. The molecule has 0 fully saturated rings. The number of aryl methyl sites for hydroxylation is 4. The van der Waals surface area contributed by atoms with Gasteiger partial charge in [0.2, 0.25) is 0 Å². The summed E-state index contributed by atoms with van der Waals surface area (Å²) in [5.41, 5.74) is 2.53. The van der Waals surface area contributed by atoms with E-state index in [1.165, 1.54) is 41.9 Å². The Morgan fingerprint density at radius 2 is 1.95 bits per heavy atom. The fraction of sp³-hybridized carbons (Fsp3) is 0.500. The molecule has 0 bridgehead atoms. The SMILES string of the molecule is CB(O)c1ccc[n+](CCCCCCc2cc(C)sc2C)c1. The first-order valence-electron chi connectivity index (χ1n) is 8.29. The third-order valence-corrected chi connectivity index (χ3v) is 5.13. The van der Waals surface area contributed by atoms with Crippen LogP contribution in [0.2, 0.25) is 6.82 Å². The van der Waals surface area contributed by atoms with Gasteiger partial charge in [0.1, 0.15) is 6.54 Å². The van der Waals surface area contributed by atoms with Crippen LogP contribution in [0.5, 0.6) is 0 Å². The summed E-state index contributed by atoms with van der Waals surface area (Å²) in [7, 11) is 0. The summed E-state index contributed by atoms with van der Waals surface area (Å²) >= 11 is 1.91. The molecule has 4 heteroatoms. The van der Waals surface area contributed by atoms with Crippen molar-refractivity contribution >= 4 is 23.7 Å². The van der Waals surface area contributed by atoms with E-state index in [1.54, 1.807) is 5.56 Å². The summed E-state index contributed by atoms with van der Waals surface area (Å²) in [6.45, 7) is 6.90. The van der Waals surface area contributed by atoms with Crippen molar-refractivity contribution in [1.29, 1.82) is 0 Å². The van der Waals surface area contributed by atoms with Crippen molar-refractivity contribution in [1.82, 2.24) is 0 Å². The van der Waals surface area contributed by atoms with Gasteiger partial charge in [-0.25, -0.2) is 4.57 Å². The molecule has 2 heterocycles. The Hall–Kier alpha value is -1.13. The van der Waals surface area contributed by atoms with E-state index in [2.05, 4.69) is 36.9 Å². The highest BCUT2D eigenvalue weighted by atomic mass is 32.1. The van der Waals surface area contributed by atoms with Gasteiger partial charge < -0.3 is 5.02 Å². The summed E-state index contributed by atoms with van der Waals surface area (Å²) in [4.78, 5) is 2.92. The molecule has 0 unspecified atom stereocenters. The number of unbranched alkanes of at least 4 members (excludes halogenated alkanes) is 3. The van der Waals surface area contributed by atoms with Crippen molar-refractivity contribution in [3.05, 3.63) is 45.9 Å². The van der Waals surface area contributed by atoms with E-state index in [-0.39, 0.29) is 6.92 Å². The number of pyridine rings is 1. The molecule has 0 amide bonds. The van der Waals surface area contributed by atoms with E-state index in [1.807, 2.05) is 30.3 Å². The quantitative estimate of drug-likeness (QED) is 0.451. The first-order valence-corrected chi connectivity index (χ1v) is 9.11. The predicted molar refractivity (Wildman–Crippen MR) is 96.1 cm³/mol. The minimum atomic E-state index is -0.384. The van der Waals surface area contributed by atoms with E-state index in [4.69, 9.17) is 0 Å². The van der Waals surface area contributed by atoms with Crippen LogP contribution in [-0.2, 0) is 13.0 Å². The van der Waals surface area contributed by atoms with Gasteiger partial charge in [0.25, 0.3) is 0 Å². The highest BCUT2D eigenvalue weighted by Gasteiger charge is 2.10.